The highest BCUT2D eigenvalue weighted by atomic mass is 35.5. The normalized spacial score (nSPS) is 14.2. The highest BCUT2D eigenvalue weighted by Gasteiger charge is 2.09. The van der Waals surface area contributed by atoms with E-state index < -0.39 is 6.10 Å². The average Bonchev–Trinajstić information content (AvgIpc) is 2.45. The van der Waals surface area contributed by atoms with E-state index in [1.807, 2.05) is 31.2 Å². The molecule has 0 aromatic heterocycles. The van der Waals surface area contributed by atoms with E-state index in [0.717, 1.165) is 12.0 Å². The Morgan fingerprint density at radius 1 is 1.35 bits per heavy atom. The third kappa shape index (κ3) is 6.68. The fraction of sp³-hybridized carbons (Fsp3) is 0.600. The largest absolute Gasteiger partial charge is 0.396 e. The zero-order valence-electron chi connectivity index (χ0n) is 11.9. The predicted octanol–water partition coefficient (Wildman–Crippen LogP) is 1.97. The summed E-state index contributed by atoms with van der Waals surface area (Å²) >= 11 is 6.02. The van der Waals surface area contributed by atoms with E-state index in [1.165, 1.54) is 0 Å². The topological polar surface area (TPSA) is 61.7 Å². The van der Waals surface area contributed by atoms with Crippen molar-refractivity contribution in [2.45, 2.75) is 38.5 Å². The van der Waals surface area contributed by atoms with Crippen LogP contribution >= 0.6 is 11.6 Å². The summed E-state index contributed by atoms with van der Waals surface area (Å²) in [5.41, 5.74) is 0.918. The molecule has 0 heterocycles. The van der Waals surface area contributed by atoms with Crippen molar-refractivity contribution in [2.75, 3.05) is 19.8 Å². The molecule has 0 aliphatic carbocycles. The molecule has 20 heavy (non-hydrogen) atoms. The molecule has 0 saturated carbocycles. The summed E-state index contributed by atoms with van der Waals surface area (Å²) in [6.45, 7) is 3.32. The van der Waals surface area contributed by atoms with Gasteiger partial charge in [0.15, 0.2) is 0 Å². The Hall–Kier alpha value is -0.650. The van der Waals surface area contributed by atoms with Crippen LogP contribution in [0.1, 0.15) is 25.3 Å². The second-order valence-corrected chi connectivity index (χ2v) is 5.19. The van der Waals surface area contributed by atoms with Crippen molar-refractivity contribution in [2.24, 2.45) is 0 Å². The van der Waals surface area contributed by atoms with Crippen molar-refractivity contribution in [1.82, 2.24) is 5.32 Å². The molecule has 5 heteroatoms. The minimum absolute atomic E-state index is 0.157. The Bertz CT molecular complexity index is 376. The SMILES string of the molecule is CCC(CCO)NCC(O)COCc1ccccc1Cl. The van der Waals surface area contributed by atoms with Gasteiger partial charge in [0, 0.05) is 24.2 Å². The predicted molar refractivity (Wildman–Crippen MR) is 80.9 cm³/mol. The third-order valence-electron chi connectivity index (χ3n) is 3.14. The summed E-state index contributed by atoms with van der Waals surface area (Å²) in [5, 5.41) is 22.6. The molecule has 0 saturated heterocycles. The second kappa shape index (κ2) is 10.1. The Morgan fingerprint density at radius 2 is 2.10 bits per heavy atom. The van der Waals surface area contributed by atoms with E-state index in [9.17, 15) is 5.11 Å². The standard InChI is InChI=1S/C15H24ClNO3/c1-2-13(7-8-18)17-9-14(19)11-20-10-12-5-3-4-6-15(12)16/h3-6,13-14,17-19H,2,7-11H2,1H3. The summed E-state index contributed by atoms with van der Waals surface area (Å²) in [5.74, 6) is 0. The van der Waals surface area contributed by atoms with Gasteiger partial charge in [-0.05, 0) is 24.5 Å². The first-order chi connectivity index (χ1) is 9.67. The van der Waals surface area contributed by atoms with Crippen LogP contribution in [-0.4, -0.2) is 42.1 Å². The van der Waals surface area contributed by atoms with Crippen LogP contribution in [0.3, 0.4) is 0 Å². The van der Waals surface area contributed by atoms with Gasteiger partial charge >= 0.3 is 0 Å². The van der Waals surface area contributed by atoms with Crippen LogP contribution in [0.4, 0.5) is 0 Å². The fourth-order valence-electron chi connectivity index (χ4n) is 1.89. The molecule has 1 aromatic rings. The van der Waals surface area contributed by atoms with E-state index in [1.54, 1.807) is 0 Å². The molecular weight excluding hydrogens is 278 g/mol. The van der Waals surface area contributed by atoms with Crippen LogP contribution in [0.25, 0.3) is 0 Å². The first kappa shape index (κ1) is 17.4. The number of hydrogen-bond acceptors (Lipinski definition) is 4. The van der Waals surface area contributed by atoms with Crippen molar-refractivity contribution in [3.8, 4) is 0 Å². The van der Waals surface area contributed by atoms with E-state index in [2.05, 4.69) is 5.32 Å². The maximum atomic E-state index is 9.83. The molecule has 3 N–H and O–H groups in total. The molecule has 1 aromatic carbocycles. The zero-order chi connectivity index (χ0) is 14.8. The Morgan fingerprint density at radius 3 is 2.75 bits per heavy atom. The summed E-state index contributed by atoms with van der Waals surface area (Å²) in [7, 11) is 0. The lowest BCUT2D eigenvalue weighted by Crippen LogP contribution is -2.37. The summed E-state index contributed by atoms with van der Waals surface area (Å²) in [6, 6.07) is 7.73. The van der Waals surface area contributed by atoms with Crippen molar-refractivity contribution in [3.63, 3.8) is 0 Å². The second-order valence-electron chi connectivity index (χ2n) is 4.79. The summed E-state index contributed by atoms with van der Waals surface area (Å²) in [6.07, 6.45) is 1.06. The van der Waals surface area contributed by atoms with Crippen LogP contribution in [0.5, 0.6) is 0 Å². The molecule has 0 fully saturated rings. The highest BCUT2D eigenvalue weighted by molar-refractivity contribution is 6.31. The van der Waals surface area contributed by atoms with Gasteiger partial charge in [-0.25, -0.2) is 0 Å². The van der Waals surface area contributed by atoms with Gasteiger partial charge in [-0.1, -0.05) is 36.7 Å². The molecule has 0 aliphatic rings. The van der Waals surface area contributed by atoms with E-state index >= 15 is 0 Å². The quantitative estimate of drug-likeness (QED) is 0.618. The van der Waals surface area contributed by atoms with Crippen molar-refractivity contribution >= 4 is 11.6 Å². The smallest absolute Gasteiger partial charge is 0.0897 e. The number of rotatable bonds is 10. The Kier molecular flexibility index (Phi) is 8.82. The molecule has 1 rings (SSSR count). The molecule has 2 unspecified atom stereocenters. The number of halogens is 1. The Labute approximate surface area is 125 Å². The maximum absolute atomic E-state index is 9.83. The van der Waals surface area contributed by atoms with Crippen LogP contribution in [0.15, 0.2) is 24.3 Å². The molecule has 0 spiro atoms. The maximum Gasteiger partial charge on any atom is 0.0897 e. The van der Waals surface area contributed by atoms with Crippen LogP contribution < -0.4 is 5.32 Å². The Balaban J connectivity index is 2.20. The van der Waals surface area contributed by atoms with Gasteiger partial charge in [-0.3, -0.25) is 0 Å². The lowest BCUT2D eigenvalue weighted by Gasteiger charge is -2.18. The van der Waals surface area contributed by atoms with Crippen LogP contribution in [0, 0.1) is 0 Å². The monoisotopic (exact) mass is 301 g/mol. The van der Waals surface area contributed by atoms with Crippen LogP contribution in [0.2, 0.25) is 5.02 Å². The van der Waals surface area contributed by atoms with Gasteiger partial charge in [0.1, 0.15) is 0 Å². The van der Waals surface area contributed by atoms with Crippen molar-refractivity contribution < 1.29 is 14.9 Å². The van der Waals surface area contributed by atoms with E-state index in [0.29, 0.717) is 24.6 Å². The molecular formula is C15H24ClNO3. The fourth-order valence-corrected chi connectivity index (χ4v) is 2.08. The number of nitrogens with one attached hydrogen (secondary N) is 1. The van der Waals surface area contributed by atoms with Gasteiger partial charge in [0.25, 0.3) is 0 Å². The minimum atomic E-state index is -0.565. The minimum Gasteiger partial charge on any atom is -0.396 e. The number of aliphatic hydroxyl groups excluding tert-OH is 2. The highest BCUT2D eigenvalue weighted by Crippen LogP contribution is 2.15. The molecule has 114 valence electrons. The van der Waals surface area contributed by atoms with Crippen molar-refractivity contribution in [1.29, 1.82) is 0 Å². The van der Waals surface area contributed by atoms with Crippen LogP contribution in [-0.2, 0) is 11.3 Å². The first-order valence-electron chi connectivity index (χ1n) is 7.00. The van der Waals surface area contributed by atoms with Gasteiger partial charge in [0.05, 0.1) is 19.3 Å². The van der Waals surface area contributed by atoms with E-state index in [4.69, 9.17) is 21.4 Å². The van der Waals surface area contributed by atoms with Gasteiger partial charge in [-0.15, -0.1) is 0 Å². The van der Waals surface area contributed by atoms with Gasteiger partial charge in [-0.2, -0.15) is 0 Å². The first-order valence-corrected chi connectivity index (χ1v) is 7.38. The van der Waals surface area contributed by atoms with Gasteiger partial charge in [0.2, 0.25) is 0 Å². The third-order valence-corrected chi connectivity index (χ3v) is 3.51. The molecule has 0 radical (unpaired) electrons. The van der Waals surface area contributed by atoms with Crippen molar-refractivity contribution in [3.05, 3.63) is 34.9 Å². The van der Waals surface area contributed by atoms with E-state index in [-0.39, 0.29) is 19.3 Å². The number of benzene rings is 1. The molecule has 0 bridgehead atoms. The summed E-state index contributed by atoms with van der Waals surface area (Å²) < 4.78 is 5.46. The molecule has 0 aliphatic heterocycles. The number of hydrogen-bond donors (Lipinski definition) is 3. The number of aliphatic hydroxyl groups is 2. The molecule has 0 amide bonds. The average molecular weight is 302 g/mol. The lowest BCUT2D eigenvalue weighted by molar-refractivity contribution is 0.0272. The molecule has 4 nitrogen and oxygen atoms in total. The molecule has 2 atom stereocenters. The lowest BCUT2D eigenvalue weighted by atomic mass is 10.1. The summed E-state index contributed by atoms with van der Waals surface area (Å²) in [4.78, 5) is 0. The van der Waals surface area contributed by atoms with Gasteiger partial charge < -0.3 is 20.3 Å². The zero-order valence-corrected chi connectivity index (χ0v) is 12.6. The number of ether oxygens (including phenoxy) is 1.